The van der Waals surface area contributed by atoms with Gasteiger partial charge in [-0.2, -0.15) is 4.98 Å². The summed E-state index contributed by atoms with van der Waals surface area (Å²) in [6.07, 6.45) is 7.62. The van der Waals surface area contributed by atoms with Crippen LogP contribution >= 0.6 is 18.7 Å². The van der Waals surface area contributed by atoms with E-state index in [1.807, 2.05) is 0 Å². The number of piperidine rings is 1. The number of benzene rings is 2. The second-order valence-corrected chi connectivity index (χ2v) is 14.7. The lowest BCUT2D eigenvalue weighted by molar-refractivity contribution is 0.201. The average molecular weight is 540 g/mol. The van der Waals surface area contributed by atoms with Crippen LogP contribution in [0.15, 0.2) is 42.6 Å². The Labute approximate surface area is 222 Å². The Morgan fingerprint density at radius 1 is 1.03 bits per heavy atom. The average Bonchev–Trinajstić information content (AvgIpc) is 3.53. The van der Waals surface area contributed by atoms with Gasteiger partial charge in [0.2, 0.25) is 5.95 Å². The molecule has 3 atom stereocenters. The van der Waals surface area contributed by atoms with E-state index < -0.39 is 13.0 Å². The number of fused-ring (bicyclic) bond motifs is 2. The highest BCUT2D eigenvalue weighted by Crippen LogP contribution is 2.46. The van der Waals surface area contributed by atoms with E-state index in [0.717, 1.165) is 30.4 Å². The molecule has 6 rings (SSSR count). The molecule has 3 aromatic rings. The molecule has 1 aromatic heterocycles. The monoisotopic (exact) mass is 539 g/mol. The smallest absolute Gasteiger partial charge is 0.229 e. The number of aryl methyl sites for hydroxylation is 2. The summed E-state index contributed by atoms with van der Waals surface area (Å²) in [5.74, 6) is 2.27. The van der Waals surface area contributed by atoms with Crippen molar-refractivity contribution in [2.75, 3.05) is 37.1 Å². The Bertz CT molecular complexity index is 1380. The van der Waals surface area contributed by atoms with Crippen molar-refractivity contribution in [3.8, 4) is 0 Å². The molecule has 0 spiro atoms. The van der Waals surface area contributed by atoms with Crippen molar-refractivity contribution in [2.24, 2.45) is 11.8 Å². The van der Waals surface area contributed by atoms with E-state index in [1.54, 1.807) is 19.4 Å². The van der Waals surface area contributed by atoms with Gasteiger partial charge in [0.1, 0.15) is 18.0 Å². The highest BCUT2D eigenvalue weighted by Gasteiger charge is 2.46. The largest absolute Gasteiger partial charge is 0.338 e. The van der Waals surface area contributed by atoms with Gasteiger partial charge >= 0.3 is 0 Å². The maximum absolute atomic E-state index is 13.9. The van der Waals surface area contributed by atoms with Crippen LogP contribution in [0.5, 0.6) is 0 Å². The molecule has 1 aliphatic heterocycles. The molecule has 0 bridgehead atoms. The van der Waals surface area contributed by atoms with Gasteiger partial charge in [-0.15, -0.1) is 0 Å². The lowest BCUT2D eigenvalue weighted by Crippen LogP contribution is -2.34. The molecule has 2 heterocycles. The zero-order valence-electron chi connectivity index (χ0n) is 21.2. The van der Waals surface area contributed by atoms with Crippen LogP contribution in [-0.4, -0.2) is 47.3 Å². The zero-order valence-corrected chi connectivity index (χ0v) is 22.8. The fourth-order valence-corrected chi connectivity index (χ4v) is 7.18. The van der Waals surface area contributed by atoms with E-state index in [4.69, 9.17) is 11.6 Å². The van der Waals surface area contributed by atoms with E-state index in [0.29, 0.717) is 33.8 Å². The minimum Gasteiger partial charge on any atom is -0.338 e. The quantitative estimate of drug-likeness (QED) is 0.287. The summed E-state index contributed by atoms with van der Waals surface area (Å²) < 4.78 is 26.6. The number of halogens is 2. The van der Waals surface area contributed by atoms with Gasteiger partial charge in [-0.25, -0.2) is 9.37 Å². The van der Waals surface area contributed by atoms with E-state index in [2.05, 4.69) is 43.7 Å². The molecular weight excluding hydrogens is 508 g/mol. The molecule has 194 valence electrons. The van der Waals surface area contributed by atoms with Gasteiger partial charge in [-0.1, -0.05) is 17.7 Å². The number of nitrogens with zero attached hydrogens (tertiary/aromatic N) is 3. The molecule has 1 saturated heterocycles. The van der Waals surface area contributed by atoms with E-state index in [1.165, 1.54) is 61.8 Å². The number of hydrogen-bond donors (Lipinski definition) is 2. The summed E-state index contributed by atoms with van der Waals surface area (Å²) in [5.41, 5.74) is 4.27. The fourth-order valence-electron chi connectivity index (χ4n) is 5.89. The normalized spacial score (nSPS) is 23.2. The maximum Gasteiger partial charge on any atom is 0.229 e. The van der Waals surface area contributed by atoms with Gasteiger partial charge in [0.15, 0.2) is 5.82 Å². The Morgan fingerprint density at radius 3 is 2.54 bits per heavy atom. The molecule has 2 N–H and O–H groups in total. The molecule has 0 amide bonds. The van der Waals surface area contributed by atoms with Crippen molar-refractivity contribution >= 4 is 47.2 Å². The first-order valence-electron chi connectivity index (χ1n) is 13.0. The first kappa shape index (κ1) is 24.8. The first-order valence-corrected chi connectivity index (χ1v) is 16.0. The highest BCUT2D eigenvalue weighted by atomic mass is 35.5. The van der Waals surface area contributed by atoms with Gasteiger partial charge < -0.3 is 15.2 Å². The van der Waals surface area contributed by atoms with Crippen molar-refractivity contribution in [3.63, 3.8) is 0 Å². The van der Waals surface area contributed by atoms with Crippen molar-refractivity contribution in [1.29, 1.82) is 0 Å². The Kier molecular flexibility index (Phi) is 6.50. The third-order valence-electron chi connectivity index (χ3n) is 8.02. The van der Waals surface area contributed by atoms with Crippen molar-refractivity contribution in [1.82, 2.24) is 14.9 Å². The van der Waals surface area contributed by atoms with Crippen LogP contribution in [-0.2, 0) is 17.4 Å². The number of nitrogens with one attached hydrogen (secondary N) is 2. The fraction of sp³-hybridized carbons (Fsp3) is 0.429. The van der Waals surface area contributed by atoms with Crippen LogP contribution in [0.1, 0.15) is 30.4 Å². The summed E-state index contributed by atoms with van der Waals surface area (Å²) in [4.78, 5) is 11.6. The summed E-state index contributed by atoms with van der Waals surface area (Å²) in [6.45, 7) is 5.82. The standard InChI is InChI=1S/C28H32ClFN5OP/c1-37(2,36)26-13-21(30)6-10-25(26)33-27-24(29)14-31-28(34-27)32-22-7-3-17-4-8-23(9-5-18(17)12-22)35-15-19-11-20(19)16-35/h3,6-7,10,12-14,19-20,23H,4-5,8-9,11,15-16H2,1-2H3,(H2,31,32,33,34)/t19?,20?,23-/m1/s1. The van der Waals surface area contributed by atoms with Gasteiger partial charge in [0.05, 0.1) is 11.9 Å². The van der Waals surface area contributed by atoms with E-state index >= 15 is 0 Å². The van der Waals surface area contributed by atoms with Crippen LogP contribution in [0.4, 0.5) is 27.5 Å². The Balaban J connectivity index is 1.18. The molecule has 6 nitrogen and oxygen atoms in total. The number of hydrogen-bond acceptors (Lipinski definition) is 6. The van der Waals surface area contributed by atoms with E-state index in [9.17, 15) is 8.96 Å². The second-order valence-electron chi connectivity index (χ2n) is 11.1. The molecule has 2 unspecified atom stereocenters. The molecule has 1 saturated carbocycles. The van der Waals surface area contributed by atoms with Crippen molar-refractivity contribution < 1.29 is 8.96 Å². The zero-order chi connectivity index (χ0) is 25.7. The molecular formula is C28H32ClFN5OP. The topological polar surface area (TPSA) is 70.2 Å². The van der Waals surface area contributed by atoms with Crippen LogP contribution in [0.3, 0.4) is 0 Å². The molecule has 37 heavy (non-hydrogen) atoms. The van der Waals surface area contributed by atoms with Crippen molar-refractivity contribution in [2.45, 2.75) is 38.1 Å². The van der Waals surface area contributed by atoms with Crippen LogP contribution in [0.25, 0.3) is 0 Å². The predicted octanol–water partition coefficient (Wildman–Crippen LogP) is 6.20. The maximum atomic E-state index is 13.9. The van der Waals surface area contributed by atoms with Gasteiger partial charge in [0, 0.05) is 30.1 Å². The lowest BCUT2D eigenvalue weighted by atomic mass is 10.0. The Hall–Kier alpha value is -2.47. The minimum atomic E-state index is -2.74. The predicted molar refractivity (Wildman–Crippen MR) is 149 cm³/mol. The van der Waals surface area contributed by atoms with Gasteiger partial charge in [-0.05, 0) is 98.7 Å². The number of rotatable bonds is 6. The third kappa shape index (κ3) is 5.41. The van der Waals surface area contributed by atoms with Crippen molar-refractivity contribution in [3.05, 3.63) is 64.6 Å². The first-order chi connectivity index (χ1) is 17.7. The Morgan fingerprint density at radius 2 is 1.78 bits per heavy atom. The van der Waals surface area contributed by atoms with Crippen LogP contribution in [0, 0.1) is 17.7 Å². The lowest BCUT2D eigenvalue weighted by Gasteiger charge is -2.27. The van der Waals surface area contributed by atoms with Gasteiger partial charge in [-0.3, -0.25) is 4.90 Å². The molecule has 2 fully saturated rings. The van der Waals surface area contributed by atoms with Crippen LogP contribution < -0.4 is 15.9 Å². The molecule has 2 aliphatic carbocycles. The number of aromatic nitrogens is 2. The summed E-state index contributed by atoms with van der Waals surface area (Å²) >= 11 is 6.38. The molecule has 3 aliphatic rings. The summed E-state index contributed by atoms with van der Waals surface area (Å²) in [6, 6.07) is 11.4. The van der Waals surface area contributed by atoms with Crippen LogP contribution in [0.2, 0.25) is 5.02 Å². The highest BCUT2D eigenvalue weighted by molar-refractivity contribution is 7.70. The molecule has 0 radical (unpaired) electrons. The van der Waals surface area contributed by atoms with E-state index in [-0.39, 0.29) is 0 Å². The summed E-state index contributed by atoms with van der Waals surface area (Å²) in [7, 11) is -2.74. The van der Waals surface area contributed by atoms with Gasteiger partial charge in [0.25, 0.3) is 0 Å². The number of anilines is 4. The second kappa shape index (κ2) is 9.68. The number of likely N-dealkylation sites (tertiary alicyclic amines) is 1. The minimum absolute atomic E-state index is 0.315. The SMILES string of the molecule is CP(C)(=O)c1cc(F)ccc1Nc1nc(Nc2ccc3c(c2)CC[C@H](N2CC4CC4C2)CC3)ncc1Cl. The third-order valence-corrected chi connectivity index (χ3v) is 9.82. The molecule has 2 aromatic carbocycles. The molecule has 9 heteroatoms. The summed E-state index contributed by atoms with van der Waals surface area (Å²) in [5, 5.41) is 7.17.